The van der Waals surface area contributed by atoms with Crippen molar-refractivity contribution >= 4 is 11.8 Å². The van der Waals surface area contributed by atoms with Gasteiger partial charge in [-0.2, -0.15) is 0 Å². The molecule has 172 valence electrons. The van der Waals surface area contributed by atoms with E-state index < -0.39 is 6.04 Å². The summed E-state index contributed by atoms with van der Waals surface area (Å²) < 4.78 is 5.52. The lowest BCUT2D eigenvalue weighted by Crippen LogP contribution is -2.52. The number of rotatable bonds is 8. The van der Waals surface area contributed by atoms with Crippen molar-refractivity contribution in [1.82, 2.24) is 15.5 Å². The third kappa shape index (κ3) is 6.40. The highest BCUT2D eigenvalue weighted by atomic mass is 16.5. The summed E-state index contributed by atoms with van der Waals surface area (Å²) in [6, 6.07) is 15.2. The predicted molar refractivity (Wildman–Crippen MR) is 127 cm³/mol. The topological polar surface area (TPSA) is 70.7 Å². The van der Waals surface area contributed by atoms with E-state index in [1.54, 1.807) is 12.1 Å². The van der Waals surface area contributed by atoms with Crippen molar-refractivity contribution in [3.05, 3.63) is 70.8 Å². The molecule has 1 saturated heterocycles. The molecule has 6 nitrogen and oxygen atoms in total. The number of ether oxygens (including phenoxy) is 1. The highest BCUT2D eigenvalue weighted by Gasteiger charge is 2.28. The van der Waals surface area contributed by atoms with E-state index in [1.807, 2.05) is 32.9 Å². The highest BCUT2D eigenvalue weighted by molar-refractivity contribution is 5.97. The average molecular weight is 438 g/mol. The summed E-state index contributed by atoms with van der Waals surface area (Å²) in [5, 5.41) is 6.03. The van der Waals surface area contributed by atoms with Gasteiger partial charge >= 0.3 is 0 Å². The van der Waals surface area contributed by atoms with Gasteiger partial charge in [-0.15, -0.1) is 0 Å². The smallest absolute Gasteiger partial charge is 0.251 e. The lowest BCUT2D eigenvalue weighted by molar-refractivity contribution is -0.124. The Hall–Kier alpha value is -2.70. The Morgan fingerprint density at radius 1 is 1.00 bits per heavy atom. The molecule has 1 heterocycles. The molecule has 0 aromatic heterocycles. The van der Waals surface area contributed by atoms with Crippen molar-refractivity contribution < 1.29 is 14.3 Å². The second-order valence-corrected chi connectivity index (χ2v) is 8.88. The van der Waals surface area contributed by atoms with Gasteiger partial charge in [-0.05, 0) is 37.5 Å². The fourth-order valence-electron chi connectivity index (χ4n) is 4.00. The zero-order chi connectivity index (χ0) is 23.1. The van der Waals surface area contributed by atoms with E-state index in [1.165, 1.54) is 11.1 Å². The first-order valence-electron chi connectivity index (χ1n) is 11.4. The molecule has 2 amide bonds. The molecule has 2 aromatic carbocycles. The van der Waals surface area contributed by atoms with Gasteiger partial charge in [-0.3, -0.25) is 14.5 Å². The monoisotopic (exact) mass is 437 g/mol. The first kappa shape index (κ1) is 24.0. The van der Waals surface area contributed by atoms with Crippen LogP contribution in [0.1, 0.15) is 46.9 Å². The molecule has 6 heteroatoms. The van der Waals surface area contributed by atoms with Crippen LogP contribution in [0.3, 0.4) is 0 Å². The summed E-state index contributed by atoms with van der Waals surface area (Å²) >= 11 is 0. The first-order chi connectivity index (χ1) is 15.3. The van der Waals surface area contributed by atoms with Crippen LogP contribution in [-0.4, -0.2) is 55.6 Å². The summed E-state index contributed by atoms with van der Waals surface area (Å²) in [4.78, 5) is 28.2. The van der Waals surface area contributed by atoms with Crippen molar-refractivity contribution in [2.24, 2.45) is 5.92 Å². The fraction of sp³-hybridized carbons (Fsp3) is 0.462. The Bertz CT molecular complexity index is 905. The Kier molecular flexibility index (Phi) is 8.42. The van der Waals surface area contributed by atoms with E-state index in [2.05, 4.69) is 46.7 Å². The van der Waals surface area contributed by atoms with Gasteiger partial charge in [0.2, 0.25) is 5.91 Å². The minimum absolute atomic E-state index is 0.0368. The molecule has 2 atom stereocenters. The second-order valence-electron chi connectivity index (χ2n) is 8.88. The lowest BCUT2D eigenvalue weighted by atomic mass is 10.0. The fourth-order valence-corrected chi connectivity index (χ4v) is 4.00. The molecule has 1 aliphatic rings. The van der Waals surface area contributed by atoms with E-state index in [0.717, 1.165) is 18.7 Å². The van der Waals surface area contributed by atoms with Crippen molar-refractivity contribution in [3.8, 4) is 0 Å². The van der Waals surface area contributed by atoms with Crippen molar-refractivity contribution in [2.45, 2.75) is 39.8 Å². The Morgan fingerprint density at radius 2 is 1.69 bits per heavy atom. The van der Waals surface area contributed by atoms with Crippen LogP contribution in [0.4, 0.5) is 0 Å². The van der Waals surface area contributed by atoms with Crippen molar-refractivity contribution in [2.75, 3.05) is 32.8 Å². The van der Waals surface area contributed by atoms with Crippen LogP contribution < -0.4 is 10.6 Å². The van der Waals surface area contributed by atoms with E-state index in [-0.39, 0.29) is 23.8 Å². The number of nitrogens with zero attached hydrogens (tertiary/aromatic N) is 1. The lowest BCUT2D eigenvalue weighted by Gasteiger charge is -2.35. The first-order valence-corrected chi connectivity index (χ1v) is 11.4. The average Bonchev–Trinajstić information content (AvgIpc) is 2.78. The number of amides is 2. The molecule has 0 radical (unpaired) electrons. The third-order valence-corrected chi connectivity index (χ3v) is 5.93. The van der Waals surface area contributed by atoms with Crippen molar-refractivity contribution in [3.63, 3.8) is 0 Å². The highest BCUT2D eigenvalue weighted by Crippen LogP contribution is 2.22. The molecule has 32 heavy (non-hydrogen) atoms. The molecule has 2 aromatic rings. The Morgan fingerprint density at radius 3 is 2.31 bits per heavy atom. The van der Waals surface area contributed by atoms with Crippen molar-refractivity contribution in [1.29, 1.82) is 0 Å². The number of benzene rings is 2. The van der Waals surface area contributed by atoms with E-state index in [9.17, 15) is 9.59 Å². The summed E-state index contributed by atoms with van der Waals surface area (Å²) in [5.74, 6) is -0.432. The van der Waals surface area contributed by atoms with Gasteiger partial charge in [0.25, 0.3) is 5.91 Å². The van der Waals surface area contributed by atoms with Gasteiger partial charge in [0.05, 0.1) is 19.3 Å². The summed E-state index contributed by atoms with van der Waals surface area (Å²) in [5.41, 5.74) is 4.01. The van der Waals surface area contributed by atoms with Crippen LogP contribution in [0.2, 0.25) is 0 Å². The molecule has 2 unspecified atom stereocenters. The molecular weight excluding hydrogens is 402 g/mol. The maximum Gasteiger partial charge on any atom is 0.251 e. The number of hydrogen-bond donors (Lipinski definition) is 2. The predicted octanol–water partition coefficient (Wildman–Crippen LogP) is 3.25. The number of carbonyl (C=O) groups is 2. The maximum atomic E-state index is 13.1. The van der Waals surface area contributed by atoms with E-state index in [4.69, 9.17) is 4.74 Å². The minimum atomic E-state index is -0.605. The van der Waals surface area contributed by atoms with Gasteiger partial charge in [0.15, 0.2) is 0 Å². The normalized spacial score (nSPS) is 16.4. The molecule has 0 bridgehead atoms. The van der Waals surface area contributed by atoms with Gasteiger partial charge < -0.3 is 15.4 Å². The van der Waals surface area contributed by atoms with E-state index >= 15 is 0 Å². The Balaban J connectivity index is 1.69. The summed E-state index contributed by atoms with van der Waals surface area (Å²) in [7, 11) is 0. The number of aryl methyl sites for hydroxylation is 2. The van der Waals surface area contributed by atoms with Crippen LogP contribution in [0.5, 0.6) is 0 Å². The molecular formula is C26H35N3O3. The standard InChI is InChI=1S/C26H35N3O3/c1-18(2)24(28-25(30)21-10-8-19(3)9-11-21)26(31)27-17-23(29-12-14-32-15-13-29)22-7-5-6-20(4)16-22/h5-11,16,18,23-24H,12-15,17H2,1-4H3,(H,27,31)(H,28,30). The van der Waals surface area contributed by atoms with Gasteiger partial charge in [-0.25, -0.2) is 0 Å². The number of nitrogens with one attached hydrogen (secondary N) is 2. The number of morpholine rings is 1. The SMILES string of the molecule is Cc1ccc(C(=O)NC(C(=O)NCC(c2cccc(C)c2)N2CCOCC2)C(C)C)cc1. The molecule has 2 N–H and O–H groups in total. The van der Waals surface area contributed by atoms with Crippen LogP contribution in [-0.2, 0) is 9.53 Å². The van der Waals surface area contributed by atoms with Crippen LogP contribution in [0, 0.1) is 19.8 Å². The van der Waals surface area contributed by atoms with Gasteiger partial charge in [0.1, 0.15) is 6.04 Å². The largest absolute Gasteiger partial charge is 0.379 e. The molecule has 1 fully saturated rings. The second kappa shape index (κ2) is 11.2. The molecule has 0 spiro atoms. The molecule has 0 saturated carbocycles. The summed E-state index contributed by atoms with van der Waals surface area (Å²) in [6.45, 7) is 11.5. The molecule has 3 rings (SSSR count). The third-order valence-electron chi connectivity index (χ3n) is 5.93. The maximum absolute atomic E-state index is 13.1. The Labute approximate surface area is 191 Å². The van der Waals surface area contributed by atoms with Gasteiger partial charge in [0, 0.05) is 25.2 Å². The van der Waals surface area contributed by atoms with Crippen LogP contribution in [0.15, 0.2) is 48.5 Å². The minimum Gasteiger partial charge on any atom is -0.379 e. The summed E-state index contributed by atoms with van der Waals surface area (Å²) in [6.07, 6.45) is 0. The van der Waals surface area contributed by atoms with E-state index in [0.29, 0.717) is 25.3 Å². The molecule has 1 aliphatic heterocycles. The van der Waals surface area contributed by atoms with Crippen LogP contribution >= 0.6 is 0 Å². The van der Waals surface area contributed by atoms with Gasteiger partial charge in [-0.1, -0.05) is 61.4 Å². The molecule has 0 aliphatic carbocycles. The number of carbonyl (C=O) groups excluding carboxylic acids is 2. The quantitative estimate of drug-likeness (QED) is 0.665. The van der Waals surface area contributed by atoms with Crippen LogP contribution in [0.25, 0.3) is 0 Å². The zero-order valence-electron chi connectivity index (χ0n) is 19.6. The number of hydrogen-bond acceptors (Lipinski definition) is 4. The zero-order valence-corrected chi connectivity index (χ0v) is 19.6.